The molecule has 1 aromatic heterocycles. The summed E-state index contributed by atoms with van der Waals surface area (Å²) in [5, 5.41) is 1.87. The number of aromatic nitrogens is 1. The highest BCUT2D eigenvalue weighted by Crippen LogP contribution is 2.36. The predicted octanol–water partition coefficient (Wildman–Crippen LogP) is 7.08. The Labute approximate surface area is 180 Å². The number of para-hydroxylation sites is 1. The van der Waals surface area contributed by atoms with Gasteiger partial charge in [0, 0.05) is 29.1 Å². The van der Waals surface area contributed by atoms with E-state index in [1.807, 2.05) is 42.5 Å². The van der Waals surface area contributed by atoms with Gasteiger partial charge in [0.25, 0.3) is 0 Å². The molecule has 1 aliphatic heterocycles. The molecule has 0 N–H and O–H groups in total. The Morgan fingerprint density at radius 1 is 0.867 bits per heavy atom. The van der Waals surface area contributed by atoms with Gasteiger partial charge < -0.3 is 4.90 Å². The van der Waals surface area contributed by atoms with Crippen molar-refractivity contribution in [3.63, 3.8) is 0 Å². The van der Waals surface area contributed by atoms with Crippen LogP contribution in [-0.4, -0.2) is 18.1 Å². The van der Waals surface area contributed by atoms with Crippen molar-refractivity contribution in [2.45, 2.75) is 18.8 Å². The van der Waals surface area contributed by atoms with Gasteiger partial charge in [0.15, 0.2) is 0 Å². The summed E-state index contributed by atoms with van der Waals surface area (Å²) in [6.45, 7) is 1.87. The molecule has 0 spiro atoms. The molecule has 0 aliphatic carbocycles. The summed E-state index contributed by atoms with van der Waals surface area (Å²) in [7, 11) is 0. The van der Waals surface area contributed by atoms with Crippen molar-refractivity contribution in [1.82, 2.24) is 4.98 Å². The molecule has 0 amide bonds. The van der Waals surface area contributed by atoms with E-state index in [4.69, 9.17) is 16.6 Å². The summed E-state index contributed by atoms with van der Waals surface area (Å²) in [5.41, 5.74) is 4.38. The van der Waals surface area contributed by atoms with Crippen LogP contribution >= 0.6 is 11.6 Å². The summed E-state index contributed by atoms with van der Waals surface area (Å²) in [6, 6.07) is 25.3. The van der Waals surface area contributed by atoms with Crippen LogP contribution in [0.4, 0.5) is 10.2 Å². The average Bonchev–Trinajstić information content (AvgIpc) is 2.79. The quantitative estimate of drug-likeness (QED) is 0.354. The van der Waals surface area contributed by atoms with Crippen molar-refractivity contribution < 1.29 is 4.39 Å². The Kier molecular flexibility index (Phi) is 5.14. The van der Waals surface area contributed by atoms with Crippen molar-refractivity contribution in [3.8, 4) is 11.1 Å². The van der Waals surface area contributed by atoms with Crippen LogP contribution in [0.15, 0.2) is 78.9 Å². The van der Waals surface area contributed by atoms with E-state index in [1.54, 1.807) is 0 Å². The second kappa shape index (κ2) is 8.08. The highest BCUT2D eigenvalue weighted by Gasteiger charge is 2.24. The zero-order chi connectivity index (χ0) is 20.5. The van der Waals surface area contributed by atoms with Crippen molar-refractivity contribution in [3.05, 3.63) is 95.3 Å². The molecule has 0 saturated carbocycles. The molecule has 4 aromatic rings. The van der Waals surface area contributed by atoms with Crippen molar-refractivity contribution in [2.24, 2.45) is 0 Å². The molecular weight excluding hydrogens is 395 g/mol. The average molecular weight is 417 g/mol. The van der Waals surface area contributed by atoms with Gasteiger partial charge in [-0.15, -0.1) is 0 Å². The third-order valence-electron chi connectivity index (χ3n) is 5.99. The minimum atomic E-state index is -0.224. The van der Waals surface area contributed by atoms with Gasteiger partial charge in [0.2, 0.25) is 0 Å². The standard InChI is InChI=1S/C26H22ClFN2/c27-22-9-5-18(6-10-22)19-13-15-30(16-14-19)26-24(20-7-11-23(28)12-8-20)17-21-3-1-2-4-25(21)29-26/h1-12,17,19H,13-16H2. The van der Waals surface area contributed by atoms with E-state index in [1.165, 1.54) is 17.7 Å². The van der Waals surface area contributed by atoms with Gasteiger partial charge in [-0.3, -0.25) is 0 Å². The zero-order valence-corrected chi connectivity index (χ0v) is 17.3. The molecule has 1 saturated heterocycles. The van der Waals surface area contributed by atoms with Crippen LogP contribution < -0.4 is 4.90 Å². The molecule has 150 valence electrons. The first-order valence-electron chi connectivity index (χ1n) is 10.3. The molecular formula is C26H22ClFN2. The van der Waals surface area contributed by atoms with Crippen molar-refractivity contribution >= 4 is 28.3 Å². The highest BCUT2D eigenvalue weighted by atomic mass is 35.5. The van der Waals surface area contributed by atoms with Crippen LogP contribution in [-0.2, 0) is 0 Å². The molecule has 1 aliphatic rings. The fourth-order valence-electron chi connectivity index (χ4n) is 4.35. The normalized spacial score (nSPS) is 14.9. The number of anilines is 1. The largest absolute Gasteiger partial charge is 0.356 e. The predicted molar refractivity (Wildman–Crippen MR) is 123 cm³/mol. The van der Waals surface area contributed by atoms with E-state index in [0.717, 1.165) is 58.8 Å². The van der Waals surface area contributed by atoms with Gasteiger partial charge in [0.05, 0.1) is 5.52 Å². The van der Waals surface area contributed by atoms with Crippen molar-refractivity contribution in [2.75, 3.05) is 18.0 Å². The number of hydrogen-bond donors (Lipinski definition) is 0. The van der Waals surface area contributed by atoms with Gasteiger partial charge >= 0.3 is 0 Å². The number of benzene rings is 3. The lowest BCUT2D eigenvalue weighted by atomic mass is 9.89. The SMILES string of the molecule is Fc1ccc(-c2cc3ccccc3nc2N2CCC(c3ccc(Cl)cc3)CC2)cc1. The zero-order valence-electron chi connectivity index (χ0n) is 16.6. The monoisotopic (exact) mass is 416 g/mol. The molecule has 1 fully saturated rings. The summed E-state index contributed by atoms with van der Waals surface area (Å²) in [5.74, 6) is 1.29. The first kappa shape index (κ1) is 19.1. The second-order valence-electron chi connectivity index (χ2n) is 7.87. The van der Waals surface area contributed by atoms with Gasteiger partial charge in [-0.25, -0.2) is 9.37 Å². The molecule has 0 unspecified atom stereocenters. The van der Waals surface area contributed by atoms with E-state index >= 15 is 0 Å². The molecule has 5 rings (SSSR count). The number of piperidine rings is 1. The second-order valence-corrected chi connectivity index (χ2v) is 8.31. The molecule has 2 heterocycles. The fraction of sp³-hybridized carbons (Fsp3) is 0.192. The summed E-state index contributed by atoms with van der Waals surface area (Å²) in [6.07, 6.45) is 2.14. The Hall–Kier alpha value is -2.91. The maximum Gasteiger partial charge on any atom is 0.137 e. The van der Waals surface area contributed by atoms with Gasteiger partial charge in [-0.2, -0.15) is 0 Å². The third kappa shape index (κ3) is 3.78. The Morgan fingerprint density at radius 2 is 1.57 bits per heavy atom. The molecule has 2 nitrogen and oxygen atoms in total. The van der Waals surface area contributed by atoms with Gasteiger partial charge in [-0.1, -0.05) is 54.1 Å². The number of nitrogens with zero attached hydrogens (tertiary/aromatic N) is 2. The summed E-state index contributed by atoms with van der Waals surface area (Å²) >= 11 is 6.05. The lowest BCUT2D eigenvalue weighted by Gasteiger charge is -2.34. The molecule has 3 aromatic carbocycles. The lowest BCUT2D eigenvalue weighted by molar-refractivity contribution is 0.503. The van der Waals surface area contributed by atoms with Crippen LogP contribution in [0.1, 0.15) is 24.3 Å². The molecule has 4 heteroatoms. The number of fused-ring (bicyclic) bond motifs is 1. The smallest absolute Gasteiger partial charge is 0.137 e. The minimum absolute atomic E-state index is 0.224. The van der Waals surface area contributed by atoms with Crippen molar-refractivity contribution in [1.29, 1.82) is 0 Å². The lowest BCUT2D eigenvalue weighted by Crippen LogP contribution is -2.33. The van der Waals surface area contributed by atoms with E-state index in [-0.39, 0.29) is 5.82 Å². The van der Waals surface area contributed by atoms with E-state index in [0.29, 0.717) is 5.92 Å². The number of halogens is 2. The summed E-state index contributed by atoms with van der Waals surface area (Å²) < 4.78 is 13.5. The van der Waals surface area contributed by atoms with Crippen LogP contribution in [0.2, 0.25) is 5.02 Å². The number of pyridine rings is 1. The van der Waals surface area contributed by atoms with E-state index in [9.17, 15) is 4.39 Å². The van der Waals surface area contributed by atoms with E-state index < -0.39 is 0 Å². The Morgan fingerprint density at radius 3 is 2.30 bits per heavy atom. The Balaban J connectivity index is 1.48. The minimum Gasteiger partial charge on any atom is -0.356 e. The van der Waals surface area contributed by atoms with Gasteiger partial charge in [0.1, 0.15) is 11.6 Å². The molecule has 0 radical (unpaired) electrons. The molecule has 0 bridgehead atoms. The topological polar surface area (TPSA) is 16.1 Å². The van der Waals surface area contributed by atoms with E-state index in [2.05, 4.69) is 29.2 Å². The third-order valence-corrected chi connectivity index (χ3v) is 6.25. The first-order valence-corrected chi connectivity index (χ1v) is 10.7. The summed E-state index contributed by atoms with van der Waals surface area (Å²) in [4.78, 5) is 7.39. The van der Waals surface area contributed by atoms with Crippen LogP contribution in [0.3, 0.4) is 0 Å². The highest BCUT2D eigenvalue weighted by molar-refractivity contribution is 6.30. The molecule has 30 heavy (non-hydrogen) atoms. The number of rotatable bonds is 3. The Bertz CT molecular complexity index is 1160. The van der Waals surface area contributed by atoms with Crippen LogP contribution in [0, 0.1) is 5.82 Å². The van der Waals surface area contributed by atoms with Crippen LogP contribution in [0.5, 0.6) is 0 Å². The first-order chi connectivity index (χ1) is 14.7. The van der Waals surface area contributed by atoms with Gasteiger partial charge in [-0.05, 0) is 66.3 Å². The molecule has 0 atom stereocenters. The fourth-order valence-corrected chi connectivity index (χ4v) is 4.47. The maximum atomic E-state index is 13.5. The van der Waals surface area contributed by atoms with Crippen LogP contribution in [0.25, 0.3) is 22.0 Å². The number of hydrogen-bond acceptors (Lipinski definition) is 2. The maximum absolute atomic E-state index is 13.5.